The number of benzene rings is 2. The second kappa shape index (κ2) is 4.97. The monoisotopic (exact) mass is 314 g/mol. The largest absolute Gasteiger partial charge is 0.326 e. The molecule has 0 unspecified atom stereocenters. The quantitative estimate of drug-likeness (QED) is 0.691. The van der Waals surface area contributed by atoms with Gasteiger partial charge in [0, 0.05) is 16.6 Å². The molecule has 0 aliphatic carbocycles. The third-order valence-corrected chi connectivity index (χ3v) is 3.60. The van der Waals surface area contributed by atoms with Crippen LogP contribution in [0.25, 0.3) is 11.0 Å². The van der Waals surface area contributed by atoms with Crippen LogP contribution in [-0.4, -0.2) is 15.8 Å². The lowest BCUT2D eigenvalue weighted by atomic mass is 10.2. The molecular formula is C15H11BrN2O. The van der Waals surface area contributed by atoms with Gasteiger partial charge in [-0.25, -0.2) is 4.98 Å². The molecule has 1 heterocycles. The zero-order valence-electron chi connectivity index (χ0n) is 10.1. The standard InChI is InChI=1S/C15H11BrN2O/c16-13-6-4-11(5-7-13)8-18-10-17-15-12(9-19)2-1-3-14(15)18/h1-7,9-10H,8H2. The first kappa shape index (κ1) is 12.1. The smallest absolute Gasteiger partial charge is 0.152 e. The zero-order chi connectivity index (χ0) is 13.2. The minimum atomic E-state index is 0.632. The molecule has 0 spiro atoms. The highest BCUT2D eigenvalue weighted by atomic mass is 79.9. The second-order valence-corrected chi connectivity index (χ2v) is 5.25. The molecule has 3 rings (SSSR count). The predicted octanol–water partition coefficient (Wildman–Crippen LogP) is 3.66. The molecule has 19 heavy (non-hydrogen) atoms. The van der Waals surface area contributed by atoms with Crippen molar-refractivity contribution in [3.8, 4) is 0 Å². The van der Waals surface area contributed by atoms with Gasteiger partial charge in [-0.15, -0.1) is 0 Å². The van der Waals surface area contributed by atoms with E-state index in [1.165, 1.54) is 5.56 Å². The van der Waals surface area contributed by atoms with Gasteiger partial charge < -0.3 is 4.57 Å². The minimum Gasteiger partial charge on any atom is -0.326 e. The van der Waals surface area contributed by atoms with Crippen LogP contribution in [0.3, 0.4) is 0 Å². The van der Waals surface area contributed by atoms with E-state index < -0.39 is 0 Å². The van der Waals surface area contributed by atoms with Gasteiger partial charge in [-0.05, 0) is 29.8 Å². The molecule has 4 heteroatoms. The number of carbonyl (C=O) groups is 1. The highest BCUT2D eigenvalue weighted by Crippen LogP contribution is 2.18. The van der Waals surface area contributed by atoms with Gasteiger partial charge in [-0.2, -0.15) is 0 Å². The van der Waals surface area contributed by atoms with E-state index in [-0.39, 0.29) is 0 Å². The first-order valence-electron chi connectivity index (χ1n) is 5.91. The maximum absolute atomic E-state index is 11.0. The molecule has 0 bridgehead atoms. The van der Waals surface area contributed by atoms with Crippen molar-refractivity contribution < 1.29 is 4.79 Å². The van der Waals surface area contributed by atoms with Crippen LogP contribution in [0, 0.1) is 0 Å². The van der Waals surface area contributed by atoms with Crippen molar-refractivity contribution in [3.63, 3.8) is 0 Å². The lowest BCUT2D eigenvalue weighted by molar-refractivity contribution is 0.112. The van der Waals surface area contributed by atoms with Crippen LogP contribution in [0.1, 0.15) is 15.9 Å². The summed E-state index contributed by atoms with van der Waals surface area (Å²) in [6.07, 6.45) is 2.62. The Bertz CT molecular complexity index is 731. The summed E-state index contributed by atoms with van der Waals surface area (Å²) in [5.74, 6) is 0. The number of carbonyl (C=O) groups excluding carboxylic acids is 1. The van der Waals surface area contributed by atoms with Crippen molar-refractivity contribution >= 4 is 33.2 Å². The Kier molecular flexibility index (Phi) is 3.17. The Morgan fingerprint density at radius 3 is 2.68 bits per heavy atom. The Balaban J connectivity index is 2.02. The fourth-order valence-electron chi connectivity index (χ4n) is 2.12. The van der Waals surface area contributed by atoms with Gasteiger partial charge in [0.25, 0.3) is 0 Å². The summed E-state index contributed by atoms with van der Waals surface area (Å²) in [7, 11) is 0. The molecule has 3 nitrogen and oxygen atoms in total. The van der Waals surface area contributed by atoms with E-state index in [1.807, 2.05) is 28.8 Å². The summed E-state index contributed by atoms with van der Waals surface area (Å²) in [5.41, 5.74) is 3.56. The van der Waals surface area contributed by atoms with Crippen molar-refractivity contribution in [2.75, 3.05) is 0 Å². The van der Waals surface area contributed by atoms with E-state index in [9.17, 15) is 4.79 Å². The number of para-hydroxylation sites is 1. The average molecular weight is 315 g/mol. The Labute approximate surface area is 119 Å². The number of imidazole rings is 1. The van der Waals surface area contributed by atoms with E-state index in [2.05, 4.69) is 33.0 Å². The van der Waals surface area contributed by atoms with Crippen LogP contribution >= 0.6 is 15.9 Å². The van der Waals surface area contributed by atoms with Gasteiger partial charge >= 0.3 is 0 Å². The number of rotatable bonds is 3. The number of halogens is 1. The molecule has 1 aromatic heterocycles. The van der Waals surface area contributed by atoms with Crippen molar-refractivity contribution in [1.82, 2.24) is 9.55 Å². The number of aldehydes is 1. The normalized spacial score (nSPS) is 10.8. The molecule has 0 fully saturated rings. The van der Waals surface area contributed by atoms with Crippen LogP contribution in [0.2, 0.25) is 0 Å². The SMILES string of the molecule is O=Cc1cccc2c1ncn2Cc1ccc(Br)cc1. The number of hydrogen-bond donors (Lipinski definition) is 0. The van der Waals surface area contributed by atoms with Crippen LogP contribution in [0.15, 0.2) is 53.3 Å². The first-order valence-corrected chi connectivity index (χ1v) is 6.71. The number of aromatic nitrogens is 2. The molecule has 0 aliphatic rings. The van der Waals surface area contributed by atoms with Crippen molar-refractivity contribution in [2.24, 2.45) is 0 Å². The van der Waals surface area contributed by atoms with E-state index in [0.717, 1.165) is 28.3 Å². The lowest BCUT2D eigenvalue weighted by Crippen LogP contribution is -1.97. The van der Waals surface area contributed by atoms with Gasteiger partial charge in [-0.3, -0.25) is 4.79 Å². The topological polar surface area (TPSA) is 34.9 Å². The zero-order valence-corrected chi connectivity index (χ0v) is 11.7. The van der Waals surface area contributed by atoms with Gasteiger partial charge in [0.15, 0.2) is 6.29 Å². The summed E-state index contributed by atoms with van der Waals surface area (Å²) in [4.78, 5) is 15.3. The maximum atomic E-state index is 11.0. The number of fused-ring (bicyclic) bond motifs is 1. The molecule has 0 radical (unpaired) electrons. The molecule has 0 atom stereocenters. The van der Waals surface area contributed by atoms with Gasteiger partial charge in [-0.1, -0.05) is 34.1 Å². The molecular weight excluding hydrogens is 304 g/mol. The van der Waals surface area contributed by atoms with Crippen molar-refractivity contribution in [2.45, 2.75) is 6.54 Å². The number of hydrogen-bond acceptors (Lipinski definition) is 2. The lowest BCUT2D eigenvalue weighted by Gasteiger charge is -2.05. The van der Waals surface area contributed by atoms with Crippen molar-refractivity contribution in [1.29, 1.82) is 0 Å². The van der Waals surface area contributed by atoms with Crippen LogP contribution in [0.4, 0.5) is 0 Å². The van der Waals surface area contributed by atoms with Gasteiger partial charge in [0.1, 0.15) is 0 Å². The van der Waals surface area contributed by atoms with Crippen LogP contribution < -0.4 is 0 Å². The summed E-state index contributed by atoms with van der Waals surface area (Å²) in [6, 6.07) is 13.8. The van der Waals surface area contributed by atoms with Crippen molar-refractivity contribution in [3.05, 3.63) is 64.4 Å². The highest BCUT2D eigenvalue weighted by Gasteiger charge is 2.06. The van der Waals surface area contributed by atoms with Crippen LogP contribution in [-0.2, 0) is 6.54 Å². The molecule has 0 saturated carbocycles. The van der Waals surface area contributed by atoms with E-state index in [4.69, 9.17) is 0 Å². The highest BCUT2D eigenvalue weighted by molar-refractivity contribution is 9.10. The van der Waals surface area contributed by atoms with E-state index in [0.29, 0.717) is 5.56 Å². The number of nitrogens with zero attached hydrogens (tertiary/aromatic N) is 2. The fourth-order valence-corrected chi connectivity index (χ4v) is 2.38. The fraction of sp³-hybridized carbons (Fsp3) is 0.0667. The van der Waals surface area contributed by atoms with Crippen LogP contribution in [0.5, 0.6) is 0 Å². The summed E-state index contributed by atoms with van der Waals surface area (Å²) in [5, 5.41) is 0. The summed E-state index contributed by atoms with van der Waals surface area (Å²) in [6.45, 7) is 0.742. The maximum Gasteiger partial charge on any atom is 0.152 e. The molecule has 0 aliphatic heterocycles. The summed E-state index contributed by atoms with van der Waals surface area (Å²) >= 11 is 3.42. The predicted molar refractivity (Wildman–Crippen MR) is 78.4 cm³/mol. The average Bonchev–Trinajstić information content (AvgIpc) is 2.84. The minimum absolute atomic E-state index is 0.632. The summed E-state index contributed by atoms with van der Waals surface area (Å²) < 4.78 is 3.11. The third kappa shape index (κ3) is 2.31. The molecule has 0 amide bonds. The first-order chi connectivity index (χ1) is 9.28. The molecule has 94 valence electrons. The molecule has 0 saturated heterocycles. The molecule has 2 aromatic carbocycles. The molecule has 0 N–H and O–H groups in total. The Morgan fingerprint density at radius 1 is 1.16 bits per heavy atom. The van der Waals surface area contributed by atoms with E-state index in [1.54, 1.807) is 12.4 Å². The van der Waals surface area contributed by atoms with Gasteiger partial charge in [0.05, 0.1) is 17.4 Å². The van der Waals surface area contributed by atoms with E-state index >= 15 is 0 Å². The Hall–Kier alpha value is -1.94. The second-order valence-electron chi connectivity index (χ2n) is 4.33. The molecule has 3 aromatic rings. The van der Waals surface area contributed by atoms with Gasteiger partial charge in [0.2, 0.25) is 0 Å². The Morgan fingerprint density at radius 2 is 1.95 bits per heavy atom. The third-order valence-electron chi connectivity index (χ3n) is 3.07.